The van der Waals surface area contributed by atoms with Crippen molar-refractivity contribution in [3.63, 3.8) is 0 Å². The molecule has 1 saturated carbocycles. The van der Waals surface area contributed by atoms with Crippen molar-refractivity contribution in [2.24, 2.45) is 11.8 Å². The first kappa shape index (κ1) is 14.8. The van der Waals surface area contributed by atoms with E-state index < -0.39 is 0 Å². The second-order valence-corrected chi connectivity index (χ2v) is 6.14. The lowest BCUT2D eigenvalue weighted by Gasteiger charge is -2.43. The van der Waals surface area contributed by atoms with Gasteiger partial charge in [0.05, 0.1) is 6.61 Å². The van der Waals surface area contributed by atoms with Gasteiger partial charge < -0.3 is 4.74 Å². The molecule has 3 heteroatoms. The number of esters is 1. The number of carbonyl (C=O) groups is 1. The zero-order valence-corrected chi connectivity index (χ0v) is 12.6. The average molecular weight is 267 g/mol. The Balaban J connectivity index is 1.95. The summed E-state index contributed by atoms with van der Waals surface area (Å²) in [6.07, 6.45) is 8.85. The second kappa shape index (κ2) is 7.28. The summed E-state index contributed by atoms with van der Waals surface area (Å²) >= 11 is 0. The number of nitrogens with zero attached hydrogens (tertiary/aromatic N) is 1. The molecular weight excluding hydrogens is 238 g/mol. The summed E-state index contributed by atoms with van der Waals surface area (Å²) in [6, 6.07) is 0.00725. The molecule has 3 nitrogen and oxygen atoms in total. The van der Waals surface area contributed by atoms with E-state index >= 15 is 0 Å². The highest BCUT2D eigenvalue weighted by Crippen LogP contribution is 2.37. The molecule has 1 heterocycles. The fourth-order valence-corrected chi connectivity index (χ4v) is 3.87. The van der Waals surface area contributed by atoms with Crippen molar-refractivity contribution in [2.45, 2.75) is 64.8 Å². The molecule has 2 rings (SSSR count). The summed E-state index contributed by atoms with van der Waals surface area (Å²) in [5, 5.41) is 0. The Morgan fingerprint density at radius 1 is 1.21 bits per heavy atom. The number of ether oxygens (including phenoxy) is 1. The van der Waals surface area contributed by atoms with Gasteiger partial charge in [0.25, 0.3) is 0 Å². The van der Waals surface area contributed by atoms with E-state index in [1.54, 1.807) is 0 Å². The maximum atomic E-state index is 12.1. The summed E-state index contributed by atoms with van der Waals surface area (Å²) in [7, 11) is 0. The molecule has 0 aromatic heterocycles. The van der Waals surface area contributed by atoms with Crippen LogP contribution in [0.25, 0.3) is 0 Å². The van der Waals surface area contributed by atoms with E-state index in [9.17, 15) is 4.79 Å². The molecule has 1 aliphatic carbocycles. The average Bonchev–Trinajstić information content (AvgIpc) is 2.44. The van der Waals surface area contributed by atoms with Gasteiger partial charge in [-0.3, -0.25) is 9.69 Å². The summed E-state index contributed by atoms with van der Waals surface area (Å²) < 4.78 is 5.27. The Labute approximate surface area is 117 Å². The Bertz CT molecular complexity index is 292. The molecule has 0 N–H and O–H groups in total. The predicted molar refractivity (Wildman–Crippen MR) is 77.0 cm³/mol. The van der Waals surface area contributed by atoms with Crippen molar-refractivity contribution in [3.8, 4) is 0 Å². The van der Waals surface area contributed by atoms with Crippen LogP contribution >= 0.6 is 0 Å². The maximum Gasteiger partial charge on any atom is 0.323 e. The van der Waals surface area contributed by atoms with Gasteiger partial charge >= 0.3 is 5.97 Å². The van der Waals surface area contributed by atoms with Crippen LogP contribution in [-0.2, 0) is 9.53 Å². The van der Waals surface area contributed by atoms with Crippen molar-refractivity contribution in [1.82, 2.24) is 4.90 Å². The third-order valence-electron chi connectivity index (χ3n) is 4.88. The summed E-state index contributed by atoms with van der Waals surface area (Å²) in [5.41, 5.74) is 0. The van der Waals surface area contributed by atoms with E-state index in [-0.39, 0.29) is 12.0 Å². The van der Waals surface area contributed by atoms with Crippen molar-refractivity contribution in [3.05, 3.63) is 0 Å². The third-order valence-corrected chi connectivity index (χ3v) is 4.88. The van der Waals surface area contributed by atoms with Crippen molar-refractivity contribution >= 4 is 5.97 Å². The van der Waals surface area contributed by atoms with Crippen LogP contribution in [0.1, 0.15) is 58.8 Å². The first-order valence-corrected chi connectivity index (χ1v) is 8.17. The molecule has 0 aromatic rings. The van der Waals surface area contributed by atoms with Crippen molar-refractivity contribution in [2.75, 3.05) is 19.7 Å². The normalized spacial score (nSPS) is 29.6. The molecule has 1 saturated heterocycles. The first-order valence-electron chi connectivity index (χ1n) is 8.17. The zero-order chi connectivity index (χ0) is 13.7. The van der Waals surface area contributed by atoms with Crippen LogP contribution in [-0.4, -0.2) is 36.6 Å². The predicted octanol–water partition coefficient (Wildman–Crippen LogP) is 3.23. The lowest BCUT2D eigenvalue weighted by atomic mass is 9.75. The molecular formula is C16H29NO2. The van der Waals surface area contributed by atoms with Crippen LogP contribution in [0.2, 0.25) is 0 Å². The van der Waals surface area contributed by atoms with E-state index in [2.05, 4.69) is 11.8 Å². The summed E-state index contributed by atoms with van der Waals surface area (Å²) in [5.74, 6) is 1.75. The molecule has 19 heavy (non-hydrogen) atoms. The van der Waals surface area contributed by atoms with Gasteiger partial charge in [0.15, 0.2) is 0 Å². The van der Waals surface area contributed by atoms with Gasteiger partial charge in [-0.1, -0.05) is 32.6 Å². The number of fused-ring (bicyclic) bond motifs is 1. The first-order chi connectivity index (χ1) is 9.26. The standard InChI is InChI=1S/C16H29NO2/c1-3-7-15(16(18)19-4-2)17-11-10-13-8-5-6-9-14(13)12-17/h13-15H,3-12H2,1-2H3. The molecule has 3 unspecified atom stereocenters. The second-order valence-electron chi connectivity index (χ2n) is 6.14. The largest absolute Gasteiger partial charge is 0.465 e. The highest BCUT2D eigenvalue weighted by molar-refractivity contribution is 5.75. The Morgan fingerprint density at radius 3 is 2.63 bits per heavy atom. The summed E-state index contributed by atoms with van der Waals surface area (Å²) in [6.45, 7) is 6.76. The topological polar surface area (TPSA) is 29.5 Å². The molecule has 2 aliphatic rings. The molecule has 0 amide bonds. The SMILES string of the molecule is CCCC(C(=O)OCC)N1CCC2CCCCC2C1. The van der Waals surface area contributed by atoms with Crippen LogP contribution in [0.3, 0.4) is 0 Å². The van der Waals surface area contributed by atoms with Gasteiger partial charge in [0, 0.05) is 6.54 Å². The molecule has 2 fully saturated rings. The van der Waals surface area contributed by atoms with Gasteiger partial charge in [-0.05, 0) is 44.6 Å². The molecule has 0 radical (unpaired) electrons. The minimum absolute atomic E-state index is 0.00129. The molecule has 0 spiro atoms. The molecule has 0 aromatic carbocycles. The quantitative estimate of drug-likeness (QED) is 0.716. The maximum absolute atomic E-state index is 12.1. The third kappa shape index (κ3) is 3.71. The van der Waals surface area contributed by atoms with Crippen molar-refractivity contribution < 1.29 is 9.53 Å². The van der Waals surface area contributed by atoms with Crippen LogP contribution < -0.4 is 0 Å². The molecule has 0 bridgehead atoms. The van der Waals surface area contributed by atoms with Gasteiger partial charge in [-0.2, -0.15) is 0 Å². The van der Waals surface area contributed by atoms with E-state index in [0.717, 1.165) is 37.8 Å². The smallest absolute Gasteiger partial charge is 0.323 e. The minimum Gasteiger partial charge on any atom is -0.465 e. The number of hydrogen-bond donors (Lipinski definition) is 0. The van der Waals surface area contributed by atoms with E-state index in [0.29, 0.717) is 6.61 Å². The minimum atomic E-state index is -0.00129. The van der Waals surface area contributed by atoms with Crippen molar-refractivity contribution in [1.29, 1.82) is 0 Å². The zero-order valence-electron chi connectivity index (χ0n) is 12.6. The van der Waals surface area contributed by atoms with E-state index in [1.165, 1.54) is 32.1 Å². The van der Waals surface area contributed by atoms with Gasteiger partial charge in [0.2, 0.25) is 0 Å². The highest BCUT2D eigenvalue weighted by atomic mass is 16.5. The van der Waals surface area contributed by atoms with Gasteiger partial charge in [-0.25, -0.2) is 0 Å². The Hall–Kier alpha value is -0.570. The number of hydrogen-bond acceptors (Lipinski definition) is 3. The van der Waals surface area contributed by atoms with E-state index in [1.807, 2.05) is 6.92 Å². The fraction of sp³-hybridized carbons (Fsp3) is 0.938. The van der Waals surface area contributed by atoms with Gasteiger partial charge in [0.1, 0.15) is 6.04 Å². The Kier molecular flexibility index (Phi) is 5.68. The van der Waals surface area contributed by atoms with Crippen LogP contribution in [0.4, 0.5) is 0 Å². The number of likely N-dealkylation sites (tertiary alicyclic amines) is 1. The summed E-state index contributed by atoms with van der Waals surface area (Å²) in [4.78, 5) is 14.5. The van der Waals surface area contributed by atoms with E-state index in [4.69, 9.17) is 4.74 Å². The Morgan fingerprint density at radius 2 is 1.95 bits per heavy atom. The lowest BCUT2D eigenvalue weighted by molar-refractivity contribution is -0.151. The molecule has 1 aliphatic heterocycles. The fourth-order valence-electron chi connectivity index (χ4n) is 3.87. The number of piperidine rings is 1. The monoisotopic (exact) mass is 267 g/mol. The number of rotatable bonds is 5. The van der Waals surface area contributed by atoms with Crippen LogP contribution in [0, 0.1) is 11.8 Å². The highest BCUT2D eigenvalue weighted by Gasteiger charge is 2.36. The lowest BCUT2D eigenvalue weighted by Crippen LogP contribution is -2.50. The van der Waals surface area contributed by atoms with Gasteiger partial charge in [-0.15, -0.1) is 0 Å². The van der Waals surface area contributed by atoms with Crippen LogP contribution in [0.5, 0.6) is 0 Å². The molecule has 110 valence electrons. The van der Waals surface area contributed by atoms with Crippen LogP contribution in [0.15, 0.2) is 0 Å². The molecule has 3 atom stereocenters. The number of carbonyl (C=O) groups excluding carboxylic acids is 1.